The fourth-order valence-corrected chi connectivity index (χ4v) is 2.25. The van der Waals surface area contributed by atoms with Crippen LogP contribution in [0.2, 0.25) is 0 Å². The Hall–Kier alpha value is -1.23. The van der Waals surface area contributed by atoms with Gasteiger partial charge in [-0.05, 0) is 36.6 Å². The van der Waals surface area contributed by atoms with E-state index < -0.39 is 18.5 Å². The standard InChI is InChI=1S/C17H20N2O6.K/c1-24-13-4-2-12(3-5-13)15-8-14(25-19-15)9-18-16(21)6-11(10-20)7-17(22)23;/h2-5,8,11,20H,6-7,9-10H2,1H3,(H,18,21)(H,22,23);/q;+1/p-1. The molecule has 1 heterocycles. The maximum atomic E-state index is 11.8. The van der Waals surface area contributed by atoms with Gasteiger partial charge in [-0.1, -0.05) is 5.16 Å². The van der Waals surface area contributed by atoms with Crippen LogP contribution in [0.15, 0.2) is 34.9 Å². The van der Waals surface area contributed by atoms with Gasteiger partial charge in [0.05, 0.1) is 13.7 Å². The van der Waals surface area contributed by atoms with Crippen molar-refractivity contribution in [3.05, 3.63) is 36.1 Å². The summed E-state index contributed by atoms with van der Waals surface area (Å²) in [6.07, 6.45) is -0.474. The molecule has 134 valence electrons. The Morgan fingerprint density at radius 3 is 2.58 bits per heavy atom. The number of aliphatic hydroxyl groups excluding tert-OH is 1. The number of carbonyl (C=O) groups excluding carboxylic acids is 2. The van der Waals surface area contributed by atoms with Crippen molar-refractivity contribution in [3.63, 3.8) is 0 Å². The summed E-state index contributed by atoms with van der Waals surface area (Å²) < 4.78 is 10.3. The SMILES string of the molecule is COc1ccc(-c2cc(CNC(=O)CC(CO)CC(=O)[O-])on2)cc1.[K+]. The molecule has 0 aliphatic rings. The van der Waals surface area contributed by atoms with Crippen molar-refractivity contribution in [3.8, 4) is 17.0 Å². The number of ether oxygens (including phenoxy) is 1. The monoisotopic (exact) mass is 386 g/mol. The van der Waals surface area contributed by atoms with Crippen LogP contribution < -0.4 is 66.5 Å². The van der Waals surface area contributed by atoms with E-state index in [1.165, 1.54) is 0 Å². The molecule has 0 saturated carbocycles. The molecule has 1 aromatic heterocycles. The summed E-state index contributed by atoms with van der Waals surface area (Å²) in [7, 11) is 1.58. The molecular weight excluding hydrogens is 367 g/mol. The Morgan fingerprint density at radius 2 is 2.00 bits per heavy atom. The number of rotatable bonds is 9. The molecule has 9 heteroatoms. The zero-order chi connectivity index (χ0) is 18.2. The van der Waals surface area contributed by atoms with Gasteiger partial charge in [-0.2, -0.15) is 0 Å². The van der Waals surface area contributed by atoms with Gasteiger partial charge in [-0.3, -0.25) is 4.79 Å². The molecule has 0 bridgehead atoms. The summed E-state index contributed by atoms with van der Waals surface area (Å²) in [4.78, 5) is 22.3. The van der Waals surface area contributed by atoms with Crippen LogP contribution in [-0.4, -0.2) is 35.9 Å². The van der Waals surface area contributed by atoms with Gasteiger partial charge in [0.2, 0.25) is 5.91 Å². The minimum atomic E-state index is -1.30. The molecule has 2 rings (SSSR count). The zero-order valence-electron chi connectivity index (χ0n) is 14.7. The second-order valence-electron chi connectivity index (χ2n) is 5.51. The van der Waals surface area contributed by atoms with Crippen LogP contribution in [0.4, 0.5) is 0 Å². The number of aliphatic hydroxyl groups is 1. The Morgan fingerprint density at radius 1 is 1.31 bits per heavy atom. The minimum Gasteiger partial charge on any atom is -0.550 e. The number of nitrogens with one attached hydrogen (secondary N) is 1. The van der Waals surface area contributed by atoms with E-state index in [0.29, 0.717) is 11.5 Å². The molecule has 0 saturated heterocycles. The summed E-state index contributed by atoms with van der Waals surface area (Å²) in [5.41, 5.74) is 1.47. The fraction of sp³-hybridized carbons (Fsp3) is 0.353. The first-order valence-electron chi connectivity index (χ1n) is 7.69. The zero-order valence-corrected chi connectivity index (χ0v) is 17.9. The van der Waals surface area contributed by atoms with Gasteiger partial charge in [0, 0.05) is 30.6 Å². The predicted molar refractivity (Wildman–Crippen MR) is 85.2 cm³/mol. The van der Waals surface area contributed by atoms with Gasteiger partial charge in [0.15, 0.2) is 5.76 Å². The number of hydrogen-bond acceptors (Lipinski definition) is 7. The summed E-state index contributed by atoms with van der Waals surface area (Å²) >= 11 is 0. The maximum Gasteiger partial charge on any atom is 1.00 e. The fourth-order valence-electron chi connectivity index (χ4n) is 2.25. The van der Waals surface area contributed by atoms with Crippen molar-refractivity contribution < 1.29 is 80.4 Å². The predicted octanol–water partition coefficient (Wildman–Crippen LogP) is -2.89. The molecule has 8 nitrogen and oxygen atoms in total. The topological polar surface area (TPSA) is 125 Å². The third-order valence-electron chi connectivity index (χ3n) is 3.59. The van der Waals surface area contributed by atoms with Crippen LogP contribution in [0.5, 0.6) is 5.75 Å². The van der Waals surface area contributed by atoms with Gasteiger partial charge in [0.1, 0.15) is 11.4 Å². The first kappa shape index (κ1) is 22.8. The summed E-state index contributed by atoms with van der Waals surface area (Å²) in [5.74, 6) is -1.17. The molecule has 0 fully saturated rings. The van der Waals surface area contributed by atoms with Crippen molar-refractivity contribution in [1.29, 1.82) is 0 Å². The van der Waals surface area contributed by atoms with Gasteiger partial charge in [-0.15, -0.1) is 0 Å². The molecule has 0 spiro atoms. The van der Waals surface area contributed by atoms with Crippen molar-refractivity contribution in [2.24, 2.45) is 5.92 Å². The maximum absolute atomic E-state index is 11.8. The number of nitrogens with zero attached hydrogens (tertiary/aromatic N) is 1. The molecule has 1 atom stereocenters. The van der Waals surface area contributed by atoms with E-state index in [9.17, 15) is 14.7 Å². The Bertz CT molecular complexity index is 716. The van der Waals surface area contributed by atoms with E-state index in [1.807, 2.05) is 12.1 Å². The number of amides is 1. The number of benzene rings is 1. The molecule has 26 heavy (non-hydrogen) atoms. The van der Waals surface area contributed by atoms with E-state index in [-0.39, 0.29) is 76.7 Å². The number of aliphatic carboxylic acids is 1. The quantitative estimate of drug-likeness (QED) is 0.443. The molecule has 2 aromatic rings. The van der Waals surface area contributed by atoms with Crippen molar-refractivity contribution >= 4 is 11.9 Å². The van der Waals surface area contributed by atoms with Crippen molar-refractivity contribution in [1.82, 2.24) is 10.5 Å². The molecule has 2 N–H and O–H groups in total. The van der Waals surface area contributed by atoms with E-state index in [2.05, 4.69) is 10.5 Å². The van der Waals surface area contributed by atoms with Gasteiger partial charge >= 0.3 is 51.4 Å². The number of carboxylic acid groups (broad SMARTS) is 1. The number of carboxylic acids is 1. The summed E-state index contributed by atoms with van der Waals surface area (Å²) in [6, 6.07) is 8.98. The third-order valence-corrected chi connectivity index (χ3v) is 3.59. The minimum absolute atomic E-state index is 0. The van der Waals surface area contributed by atoms with Crippen LogP contribution in [0, 0.1) is 5.92 Å². The Kier molecular flexibility index (Phi) is 10.1. The smallest absolute Gasteiger partial charge is 0.550 e. The summed E-state index contributed by atoms with van der Waals surface area (Å²) in [5, 5.41) is 26.1. The number of carbonyl (C=O) groups is 2. The number of methoxy groups -OCH3 is 1. The van der Waals surface area contributed by atoms with Gasteiger partial charge < -0.3 is 29.6 Å². The molecule has 1 aromatic carbocycles. The Labute approximate surface area is 193 Å². The summed E-state index contributed by atoms with van der Waals surface area (Å²) in [6.45, 7) is -0.281. The largest absolute Gasteiger partial charge is 1.00 e. The third kappa shape index (κ3) is 7.18. The molecule has 0 aliphatic heterocycles. The van der Waals surface area contributed by atoms with Crippen molar-refractivity contribution in [2.75, 3.05) is 13.7 Å². The van der Waals surface area contributed by atoms with Crippen LogP contribution in [0.1, 0.15) is 18.6 Å². The average molecular weight is 386 g/mol. The second kappa shape index (κ2) is 11.5. The number of hydrogen-bond donors (Lipinski definition) is 2. The second-order valence-corrected chi connectivity index (χ2v) is 5.51. The van der Waals surface area contributed by atoms with Gasteiger partial charge in [0.25, 0.3) is 0 Å². The van der Waals surface area contributed by atoms with E-state index in [4.69, 9.17) is 14.4 Å². The Balaban J connectivity index is 0.00000338. The molecule has 0 radical (unpaired) electrons. The van der Waals surface area contributed by atoms with E-state index in [1.54, 1.807) is 25.3 Å². The first-order valence-corrected chi connectivity index (χ1v) is 7.69. The van der Waals surface area contributed by atoms with E-state index >= 15 is 0 Å². The van der Waals surface area contributed by atoms with Crippen LogP contribution in [-0.2, 0) is 16.1 Å². The van der Waals surface area contributed by atoms with Crippen LogP contribution in [0.25, 0.3) is 11.3 Å². The van der Waals surface area contributed by atoms with Crippen LogP contribution in [0.3, 0.4) is 0 Å². The van der Waals surface area contributed by atoms with Gasteiger partial charge in [-0.25, -0.2) is 0 Å². The molecule has 0 aliphatic carbocycles. The molecule has 1 amide bonds. The normalized spacial score (nSPS) is 11.3. The molecule has 1 unspecified atom stereocenters. The average Bonchev–Trinajstić information content (AvgIpc) is 3.08. The van der Waals surface area contributed by atoms with Crippen LogP contribution >= 0.6 is 0 Å². The number of aromatic nitrogens is 1. The first-order chi connectivity index (χ1) is 12.0. The molecular formula is C17H19KN2O6. The van der Waals surface area contributed by atoms with Crippen molar-refractivity contribution in [2.45, 2.75) is 19.4 Å². The van der Waals surface area contributed by atoms with E-state index in [0.717, 1.165) is 11.3 Å².